The van der Waals surface area contributed by atoms with Crippen molar-refractivity contribution in [3.8, 4) is 39.8 Å². The molecule has 9 nitrogen and oxygen atoms in total. The maximum Gasteiger partial charge on any atom is 0.573 e. The third-order valence-corrected chi connectivity index (χ3v) is 6.89. The van der Waals surface area contributed by atoms with Crippen molar-refractivity contribution in [2.24, 2.45) is 0 Å². The molecule has 3 aromatic carbocycles. The molecule has 0 fully saturated rings. The first-order valence-corrected chi connectivity index (χ1v) is 13.5. The lowest BCUT2D eigenvalue weighted by molar-refractivity contribution is -0.274. The topological polar surface area (TPSA) is 104 Å². The van der Waals surface area contributed by atoms with Crippen LogP contribution in [0, 0.1) is 13.8 Å². The van der Waals surface area contributed by atoms with E-state index in [1.807, 2.05) is 37.3 Å². The van der Waals surface area contributed by atoms with Crippen LogP contribution in [0.4, 0.5) is 13.2 Å². The van der Waals surface area contributed by atoms with Gasteiger partial charge >= 0.3 is 6.36 Å². The molecule has 0 atom stereocenters. The summed E-state index contributed by atoms with van der Waals surface area (Å²) in [6.45, 7) is 6.72. The summed E-state index contributed by atoms with van der Waals surface area (Å²) in [5.41, 5.74) is 7.25. The number of nitrogens with zero attached hydrogens (tertiary/aromatic N) is 6. The van der Waals surface area contributed by atoms with Crippen molar-refractivity contribution in [2.75, 3.05) is 0 Å². The van der Waals surface area contributed by atoms with Crippen LogP contribution in [0.5, 0.6) is 17.2 Å². The van der Waals surface area contributed by atoms with Crippen LogP contribution in [0.25, 0.3) is 33.7 Å². The van der Waals surface area contributed by atoms with Gasteiger partial charge in [-0.2, -0.15) is 0 Å². The lowest BCUT2D eigenvalue weighted by atomic mass is 9.97. The molecule has 6 aromatic rings. The Hall–Kier alpha value is -5.26. The standard InChI is InChI=1S/C31H26F3N7O2/c1-4-27-36-28-18(2)14-19(3)35-30(28)41(27)17-20-8-10-21(11-9-20)26-16-23(12-13-25(26)29-37-39-40-38-29)42-22-6-5-7-24(15-22)43-31(32,33)34/h5-16H,4,17H2,1-3H3,(H,37,38,39,40). The monoisotopic (exact) mass is 585 g/mol. The number of aromatic nitrogens is 7. The van der Waals surface area contributed by atoms with Crippen molar-refractivity contribution in [3.05, 3.63) is 95.4 Å². The van der Waals surface area contributed by atoms with E-state index in [9.17, 15) is 13.2 Å². The number of hydrogen-bond donors (Lipinski definition) is 1. The first-order valence-electron chi connectivity index (χ1n) is 13.5. The van der Waals surface area contributed by atoms with Crippen LogP contribution in [0.1, 0.15) is 29.6 Å². The van der Waals surface area contributed by atoms with E-state index in [1.54, 1.807) is 24.3 Å². The molecule has 218 valence electrons. The maximum atomic E-state index is 12.7. The Morgan fingerprint density at radius 1 is 0.860 bits per heavy atom. The number of pyridine rings is 1. The minimum absolute atomic E-state index is 0.190. The fourth-order valence-electron chi connectivity index (χ4n) is 5.03. The number of hydrogen-bond acceptors (Lipinski definition) is 7. The second-order valence-electron chi connectivity index (χ2n) is 10.00. The van der Waals surface area contributed by atoms with Crippen LogP contribution in [0.15, 0.2) is 72.8 Å². The van der Waals surface area contributed by atoms with Gasteiger partial charge in [-0.05, 0) is 82.9 Å². The second-order valence-corrected chi connectivity index (χ2v) is 10.00. The zero-order valence-electron chi connectivity index (χ0n) is 23.5. The number of aryl methyl sites for hydroxylation is 3. The lowest BCUT2D eigenvalue weighted by Crippen LogP contribution is -2.17. The molecule has 3 aromatic heterocycles. The van der Waals surface area contributed by atoms with Crippen LogP contribution < -0.4 is 9.47 Å². The Kier molecular flexibility index (Phi) is 7.26. The summed E-state index contributed by atoms with van der Waals surface area (Å²) in [5.74, 6) is 1.65. The number of ether oxygens (including phenoxy) is 2. The van der Waals surface area contributed by atoms with E-state index in [1.165, 1.54) is 18.2 Å². The van der Waals surface area contributed by atoms with Crippen molar-refractivity contribution in [2.45, 2.75) is 40.1 Å². The molecule has 3 heterocycles. The molecule has 0 aliphatic carbocycles. The van der Waals surface area contributed by atoms with Crippen LogP contribution in [0.2, 0.25) is 0 Å². The highest BCUT2D eigenvalue weighted by Crippen LogP contribution is 2.36. The fraction of sp³-hybridized carbons (Fsp3) is 0.194. The van der Waals surface area contributed by atoms with E-state index in [2.05, 4.69) is 43.8 Å². The highest BCUT2D eigenvalue weighted by molar-refractivity contribution is 5.82. The Bertz CT molecular complexity index is 1900. The van der Waals surface area contributed by atoms with Gasteiger partial charge in [0.15, 0.2) is 11.5 Å². The Labute approximate surface area is 244 Å². The molecule has 0 bridgehead atoms. The van der Waals surface area contributed by atoms with Gasteiger partial charge in [-0.15, -0.1) is 18.3 Å². The number of tetrazole rings is 1. The van der Waals surface area contributed by atoms with Crippen molar-refractivity contribution in [1.82, 2.24) is 35.2 Å². The summed E-state index contributed by atoms with van der Waals surface area (Å²) in [4.78, 5) is 9.61. The van der Waals surface area contributed by atoms with Gasteiger partial charge in [0.1, 0.15) is 28.6 Å². The van der Waals surface area contributed by atoms with E-state index in [0.717, 1.165) is 56.9 Å². The first-order chi connectivity index (χ1) is 20.7. The van der Waals surface area contributed by atoms with Crippen LogP contribution >= 0.6 is 0 Å². The number of H-pyrrole nitrogens is 1. The minimum Gasteiger partial charge on any atom is -0.457 e. The van der Waals surface area contributed by atoms with Crippen LogP contribution in [-0.4, -0.2) is 41.5 Å². The summed E-state index contributed by atoms with van der Waals surface area (Å²) >= 11 is 0. The van der Waals surface area contributed by atoms with Crippen LogP contribution in [0.3, 0.4) is 0 Å². The average molecular weight is 586 g/mol. The Balaban J connectivity index is 1.32. The molecule has 0 spiro atoms. The summed E-state index contributed by atoms with van der Waals surface area (Å²) in [7, 11) is 0. The van der Waals surface area contributed by atoms with Gasteiger partial charge in [-0.1, -0.05) is 37.3 Å². The zero-order chi connectivity index (χ0) is 30.1. The van der Waals surface area contributed by atoms with Crippen LogP contribution in [-0.2, 0) is 13.0 Å². The van der Waals surface area contributed by atoms with Gasteiger partial charge < -0.3 is 14.0 Å². The van der Waals surface area contributed by atoms with Gasteiger partial charge in [-0.25, -0.2) is 15.1 Å². The molecule has 6 rings (SSSR count). The molecule has 0 saturated carbocycles. The number of alkyl halides is 3. The predicted molar refractivity (Wildman–Crippen MR) is 154 cm³/mol. The highest BCUT2D eigenvalue weighted by Gasteiger charge is 2.31. The number of benzene rings is 3. The molecular weight excluding hydrogens is 559 g/mol. The second kappa shape index (κ2) is 11.2. The van der Waals surface area contributed by atoms with Gasteiger partial charge in [0.2, 0.25) is 0 Å². The number of aromatic amines is 1. The fourth-order valence-corrected chi connectivity index (χ4v) is 5.03. The lowest BCUT2D eigenvalue weighted by Gasteiger charge is -2.14. The predicted octanol–water partition coefficient (Wildman–Crippen LogP) is 7.20. The third-order valence-electron chi connectivity index (χ3n) is 6.89. The number of nitrogens with one attached hydrogen (secondary N) is 1. The Morgan fingerprint density at radius 2 is 1.63 bits per heavy atom. The van der Waals surface area contributed by atoms with Gasteiger partial charge in [0.05, 0.1) is 6.54 Å². The Morgan fingerprint density at radius 3 is 2.35 bits per heavy atom. The molecule has 0 aliphatic rings. The molecular formula is C31H26F3N7O2. The van der Waals surface area contributed by atoms with Crippen molar-refractivity contribution >= 4 is 11.2 Å². The van der Waals surface area contributed by atoms with E-state index >= 15 is 0 Å². The van der Waals surface area contributed by atoms with Crippen molar-refractivity contribution in [1.29, 1.82) is 0 Å². The summed E-state index contributed by atoms with van der Waals surface area (Å²) in [6.07, 6.45) is -4.03. The quantitative estimate of drug-likeness (QED) is 0.202. The maximum absolute atomic E-state index is 12.7. The average Bonchev–Trinajstić information content (AvgIpc) is 3.62. The molecule has 0 radical (unpaired) electrons. The molecule has 12 heteroatoms. The van der Waals surface area contributed by atoms with Gasteiger partial charge in [0, 0.05) is 23.7 Å². The number of imidazole rings is 1. The first kappa shape index (κ1) is 27.9. The van der Waals surface area contributed by atoms with Gasteiger partial charge in [0.25, 0.3) is 0 Å². The summed E-state index contributed by atoms with van der Waals surface area (Å²) < 4.78 is 50.2. The third kappa shape index (κ3) is 6.03. The molecule has 0 unspecified atom stereocenters. The van der Waals surface area contributed by atoms with E-state index < -0.39 is 6.36 Å². The van der Waals surface area contributed by atoms with E-state index in [4.69, 9.17) is 14.7 Å². The molecule has 0 saturated heterocycles. The van der Waals surface area contributed by atoms with Crippen molar-refractivity contribution < 1.29 is 22.6 Å². The molecule has 0 amide bonds. The van der Waals surface area contributed by atoms with Crippen molar-refractivity contribution in [3.63, 3.8) is 0 Å². The smallest absolute Gasteiger partial charge is 0.457 e. The number of halogens is 3. The zero-order valence-corrected chi connectivity index (χ0v) is 23.5. The van der Waals surface area contributed by atoms with E-state index in [0.29, 0.717) is 18.1 Å². The summed E-state index contributed by atoms with van der Waals surface area (Å²) in [6, 6.07) is 20.7. The molecule has 0 aliphatic heterocycles. The largest absolute Gasteiger partial charge is 0.573 e. The normalized spacial score (nSPS) is 11.7. The van der Waals surface area contributed by atoms with Gasteiger partial charge in [-0.3, -0.25) is 0 Å². The minimum atomic E-state index is -4.80. The molecule has 43 heavy (non-hydrogen) atoms. The molecule has 1 N–H and O–H groups in total. The number of fused-ring (bicyclic) bond motifs is 1. The number of rotatable bonds is 8. The SMILES string of the molecule is CCc1nc2c(C)cc(C)nc2n1Cc1ccc(-c2cc(Oc3cccc(OC(F)(F)F)c3)ccc2-c2nnn[nH]2)cc1. The summed E-state index contributed by atoms with van der Waals surface area (Å²) in [5, 5.41) is 14.3. The van der Waals surface area contributed by atoms with E-state index in [-0.39, 0.29) is 11.5 Å². The highest BCUT2D eigenvalue weighted by atomic mass is 19.4.